The number of hydrogen-bond donors (Lipinski definition) is 1. The van der Waals surface area contributed by atoms with Crippen molar-refractivity contribution in [2.24, 2.45) is 5.92 Å². The van der Waals surface area contributed by atoms with Gasteiger partial charge in [0.2, 0.25) is 0 Å². The largest absolute Gasteiger partial charge is 0.308 e. The molecule has 0 radical (unpaired) electrons. The fourth-order valence-corrected chi connectivity index (χ4v) is 2.05. The van der Waals surface area contributed by atoms with Gasteiger partial charge in [-0.3, -0.25) is 4.68 Å². The van der Waals surface area contributed by atoms with Gasteiger partial charge in [0.1, 0.15) is 0 Å². The van der Waals surface area contributed by atoms with E-state index in [1.165, 1.54) is 6.42 Å². The fourth-order valence-electron chi connectivity index (χ4n) is 1.85. The molecule has 1 rings (SSSR count). The average molecular weight is 258 g/mol. The lowest BCUT2D eigenvalue weighted by molar-refractivity contribution is 0.383. The Bertz CT molecular complexity index is 360. The lowest BCUT2D eigenvalue weighted by Gasteiger charge is -2.20. The molecular weight excluding hydrogens is 234 g/mol. The van der Waals surface area contributed by atoms with Crippen molar-refractivity contribution in [1.82, 2.24) is 15.1 Å². The van der Waals surface area contributed by atoms with Crippen molar-refractivity contribution in [2.45, 2.75) is 60.2 Å². The van der Waals surface area contributed by atoms with E-state index in [0.29, 0.717) is 12.0 Å². The fraction of sp³-hybridized carbons (Fsp3) is 0.769. The Morgan fingerprint density at radius 3 is 2.53 bits per heavy atom. The first-order valence-electron chi connectivity index (χ1n) is 6.46. The van der Waals surface area contributed by atoms with Gasteiger partial charge >= 0.3 is 0 Å². The number of nitrogens with zero attached hydrogens (tertiary/aromatic N) is 2. The van der Waals surface area contributed by atoms with Gasteiger partial charge < -0.3 is 5.32 Å². The first kappa shape index (κ1) is 14.5. The van der Waals surface area contributed by atoms with E-state index in [4.69, 9.17) is 11.6 Å². The summed E-state index contributed by atoms with van der Waals surface area (Å²) in [5.74, 6) is 0.674. The number of aromatic nitrogens is 2. The normalized spacial score (nSPS) is 14.9. The standard InChI is InChI=1S/C13H24ClN3/c1-6-9(3)10(4)15-8-12-13(14)11(5)16-17(12)7-2/h9-10,15H,6-8H2,1-5H3. The zero-order valence-corrected chi connectivity index (χ0v) is 12.3. The van der Waals surface area contributed by atoms with Crippen molar-refractivity contribution in [3.8, 4) is 0 Å². The second kappa shape index (κ2) is 6.41. The third kappa shape index (κ3) is 3.46. The van der Waals surface area contributed by atoms with Crippen LogP contribution in [0.4, 0.5) is 0 Å². The molecule has 4 heteroatoms. The number of hydrogen-bond acceptors (Lipinski definition) is 2. The van der Waals surface area contributed by atoms with Crippen LogP contribution in [0.5, 0.6) is 0 Å². The quantitative estimate of drug-likeness (QED) is 0.847. The molecule has 2 unspecified atom stereocenters. The highest BCUT2D eigenvalue weighted by molar-refractivity contribution is 6.31. The van der Waals surface area contributed by atoms with Crippen molar-refractivity contribution in [1.29, 1.82) is 0 Å². The van der Waals surface area contributed by atoms with Gasteiger partial charge in [-0.2, -0.15) is 5.10 Å². The van der Waals surface area contributed by atoms with E-state index < -0.39 is 0 Å². The third-order valence-corrected chi connectivity index (χ3v) is 4.03. The molecule has 1 aromatic heterocycles. The van der Waals surface area contributed by atoms with Gasteiger partial charge in [0.05, 0.1) is 16.4 Å². The van der Waals surface area contributed by atoms with Crippen LogP contribution in [0.2, 0.25) is 5.02 Å². The Kier molecular flexibility index (Phi) is 5.47. The first-order chi connectivity index (χ1) is 8.01. The van der Waals surface area contributed by atoms with E-state index in [9.17, 15) is 0 Å². The minimum atomic E-state index is 0.497. The molecule has 0 saturated heterocycles. The van der Waals surface area contributed by atoms with Gasteiger partial charge in [0.25, 0.3) is 0 Å². The highest BCUT2D eigenvalue weighted by Gasteiger charge is 2.15. The number of halogens is 1. The van der Waals surface area contributed by atoms with E-state index in [0.717, 1.165) is 29.5 Å². The molecular formula is C13H24ClN3. The molecule has 98 valence electrons. The van der Waals surface area contributed by atoms with Crippen LogP contribution >= 0.6 is 11.6 Å². The Labute approximate surface area is 110 Å². The van der Waals surface area contributed by atoms with Crippen molar-refractivity contribution in [2.75, 3.05) is 0 Å². The SMILES string of the molecule is CCC(C)C(C)NCc1c(Cl)c(C)nn1CC. The molecule has 1 heterocycles. The highest BCUT2D eigenvalue weighted by Crippen LogP contribution is 2.20. The molecule has 0 spiro atoms. The molecule has 1 N–H and O–H groups in total. The zero-order valence-electron chi connectivity index (χ0n) is 11.5. The van der Waals surface area contributed by atoms with E-state index >= 15 is 0 Å². The molecule has 1 aromatic rings. The van der Waals surface area contributed by atoms with E-state index in [2.05, 4.69) is 38.1 Å². The predicted octanol–water partition coefficient (Wildman–Crippen LogP) is 3.39. The smallest absolute Gasteiger partial charge is 0.0860 e. The molecule has 0 aliphatic carbocycles. The summed E-state index contributed by atoms with van der Waals surface area (Å²) in [5.41, 5.74) is 2.02. The van der Waals surface area contributed by atoms with Crippen molar-refractivity contribution < 1.29 is 0 Å². The van der Waals surface area contributed by atoms with Crippen LogP contribution in [0.25, 0.3) is 0 Å². The number of nitrogens with one attached hydrogen (secondary N) is 1. The van der Waals surface area contributed by atoms with Crippen LogP contribution < -0.4 is 5.32 Å². The van der Waals surface area contributed by atoms with E-state index in [1.54, 1.807) is 0 Å². The maximum Gasteiger partial charge on any atom is 0.0860 e. The molecule has 2 atom stereocenters. The average Bonchev–Trinajstić information content (AvgIpc) is 2.61. The van der Waals surface area contributed by atoms with E-state index in [-0.39, 0.29) is 0 Å². The van der Waals surface area contributed by atoms with Gasteiger partial charge in [-0.25, -0.2) is 0 Å². The zero-order chi connectivity index (χ0) is 13.0. The topological polar surface area (TPSA) is 29.9 Å². The van der Waals surface area contributed by atoms with Crippen LogP contribution in [-0.4, -0.2) is 15.8 Å². The Morgan fingerprint density at radius 1 is 1.35 bits per heavy atom. The molecule has 0 bridgehead atoms. The Hall–Kier alpha value is -0.540. The molecule has 0 fully saturated rings. The Balaban J connectivity index is 2.68. The third-order valence-electron chi connectivity index (χ3n) is 3.54. The van der Waals surface area contributed by atoms with Crippen LogP contribution in [0.3, 0.4) is 0 Å². The second-order valence-electron chi connectivity index (χ2n) is 4.72. The minimum absolute atomic E-state index is 0.497. The molecule has 0 saturated carbocycles. The monoisotopic (exact) mass is 257 g/mol. The number of aryl methyl sites for hydroxylation is 2. The summed E-state index contributed by atoms with van der Waals surface area (Å²) in [6, 6.07) is 0.497. The molecule has 0 aliphatic heterocycles. The van der Waals surface area contributed by atoms with Crippen molar-refractivity contribution in [3.05, 3.63) is 16.4 Å². The second-order valence-corrected chi connectivity index (χ2v) is 5.09. The summed E-state index contributed by atoms with van der Waals surface area (Å²) >= 11 is 6.27. The summed E-state index contributed by atoms with van der Waals surface area (Å²) < 4.78 is 1.98. The predicted molar refractivity (Wildman–Crippen MR) is 73.4 cm³/mol. The van der Waals surface area contributed by atoms with Crippen LogP contribution in [0.1, 0.15) is 45.5 Å². The van der Waals surface area contributed by atoms with Crippen molar-refractivity contribution in [3.63, 3.8) is 0 Å². The van der Waals surface area contributed by atoms with Gasteiger partial charge in [-0.15, -0.1) is 0 Å². The molecule has 17 heavy (non-hydrogen) atoms. The molecule has 0 amide bonds. The Morgan fingerprint density at radius 2 is 2.00 bits per heavy atom. The highest BCUT2D eigenvalue weighted by atomic mass is 35.5. The maximum absolute atomic E-state index is 6.27. The number of rotatable bonds is 6. The maximum atomic E-state index is 6.27. The van der Waals surface area contributed by atoms with Crippen LogP contribution in [0, 0.1) is 12.8 Å². The minimum Gasteiger partial charge on any atom is -0.308 e. The summed E-state index contributed by atoms with van der Waals surface area (Å²) in [4.78, 5) is 0. The summed E-state index contributed by atoms with van der Waals surface area (Å²) in [6.45, 7) is 12.4. The lowest BCUT2D eigenvalue weighted by atomic mass is 10.0. The van der Waals surface area contributed by atoms with Gasteiger partial charge in [0, 0.05) is 19.1 Å². The van der Waals surface area contributed by atoms with E-state index in [1.807, 2.05) is 11.6 Å². The van der Waals surface area contributed by atoms with Gasteiger partial charge in [0.15, 0.2) is 0 Å². The first-order valence-corrected chi connectivity index (χ1v) is 6.84. The summed E-state index contributed by atoms with van der Waals surface area (Å²) in [7, 11) is 0. The van der Waals surface area contributed by atoms with Crippen LogP contribution in [-0.2, 0) is 13.1 Å². The molecule has 0 aliphatic rings. The van der Waals surface area contributed by atoms with Crippen molar-refractivity contribution >= 4 is 11.6 Å². The molecule has 0 aromatic carbocycles. The van der Waals surface area contributed by atoms with Crippen LogP contribution in [0.15, 0.2) is 0 Å². The lowest BCUT2D eigenvalue weighted by Crippen LogP contribution is -2.32. The van der Waals surface area contributed by atoms with Gasteiger partial charge in [-0.1, -0.05) is 31.9 Å². The van der Waals surface area contributed by atoms with Gasteiger partial charge in [-0.05, 0) is 26.7 Å². The molecule has 3 nitrogen and oxygen atoms in total. The summed E-state index contributed by atoms with van der Waals surface area (Å²) in [5, 5.41) is 8.75. The summed E-state index contributed by atoms with van der Waals surface area (Å²) in [6.07, 6.45) is 1.19.